The number of amides is 3. The molecule has 1 aliphatic rings. The maximum Gasteiger partial charge on any atom is 0.323 e. The minimum atomic E-state index is -0.894. The predicted molar refractivity (Wildman–Crippen MR) is 116 cm³/mol. The summed E-state index contributed by atoms with van der Waals surface area (Å²) in [7, 11) is 1.77. The number of thioether (sulfide) groups is 1. The molecule has 0 radical (unpaired) electrons. The van der Waals surface area contributed by atoms with Gasteiger partial charge in [-0.15, -0.1) is 11.8 Å². The van der Waals surface area contributed by atoms with Crippen molar-refractivity contribution >= 4 is 52.0 Å². The Labute approximate surface area is 182 Å². The summed E-state index contributed by atoms with van der Waals surface area (Å²) in [5.74, 6) is -0.254. The molecular weight excluding hydrogens is 426 g/mol. The lowest BCUT2D eigenvalue weighted by Gasteiger charge is -2.24. The standard InChI is InChI=1S/C19H23N5O4S2/c1-11(25)22-15-6-4-13(8-20-15)12-3-5-14(7-12)24(2)19(28)23-18-21-9-17(30-18)29-10-16(26)27/h4,6,8-9,12,14H,3,5,7,10H2,1-2H3,(H,26,27)(H,20,22,25)(H,21,23,28). The summed E-state index contributed by atoms with van der Waals surface area (Å²) in [6.07, 6.45) is 6.03. The third-order valence-electron chi connectivity index (χ3n) is 4.87. The van der Waals surface area contributed by atoms with Gasteiger partial charge in [0.25, 0.3) is 0 Å². The Hall–Kier alpha value is -2.66. The molecule has 2 aromatic heterocycles. The van der Waals surface area contributed by atoms with Crippen LogP contribution in [0.4, 0.5) is 15.7 Å². The van der Waals surface area contributed by atoms with Crippen molar-refractivity contribution in [1.82, 2.24) is 14.9 Å². The van der Waals surface area contributed by atoms with Crippen LogP contribution >= 0.6 is 23.1 Å². The second-order valence-electron chi connectivity index (χ2n) is 7.03. The molecule has 0 aliphatic heterocycles. The van der Waals surface area contributed by atoms with E-state index in [4.69, 9.17) is 5.11 Å². The summed E-state index contributed by atoms with van der Waals surface area (Å²) in [5.41, 5.74) is 1.10. The number of carboxylic acids is 1. The molecule has 2 unspecified atom stereocenters. The molecule has 3 N–H and O–H groups in total. The Kier molecular flexibility index (Phi) is 7.27. The molecule has 2 atom stereocenters. The van der Waals surface area contributed by atoms with Gasteiger partial charge in [-0.3, -0.25) is 14.9 Å². The average Bonchev–Trinajstić information content (AvgIpc) is 3.35. The van der Waals surface area contributed by atoms with Gasteiger partial charge in [-0.05, 0) is 36.8 Å². The van der Waals surface area contributed by atoms with Gasteiger partial charge in [0, 0.05) is 26.2 Å². The van der Waals surface area contributed by atoms with Gasteiger partial charge in [0.05, 0.1) is 16.2 Å². The zero-order valence-corrected chi connectivity index (χ0v) is 18.3. The van der Waals surface area contributed by atoms with Crippen molar-refractivity contribution in [3.05, 3.63) is 30.1 Å². The molecule has 2 aromatic rings. The van der Waals surface area contributed by atoms with Crippen molar-refractivity contribution < 1.29 is 19.5 Å². The molecule has 1 saturated carbocycles. The number of hydrogen-bond acceptors (Lipinski definition) is 7. The van der Waals surface area contributed by atoms with Crippen molar-refractivity contribution in [2.45, 2.75) is 42.4 Å². The van der Waals surface area contributed by atoms with Gasteiger partial charge >= 0.3 is 12.0 Å². The maximum absolute atomic E-state index is 12.6. The van der Waals surface area contributed by atoms with Crippen LogP contribution in [-0.2, 0) is 9.59 Å². The highest BCUT2D eigenvalue weighted by Crippen LogP contribution is 2.37. The second kappa shape index (κ2) is 9.90. The number of urea groups is 1. The Morgan fingerprint density at radius 1 is 1.23 bits per heavy atom. The predicted octanol–water partition coefficient (Wildman–Crippen LogP) is 3.47. The molecule has 11 heteroatoms. The minimum absolute atomic E-state index is 0.0421. The van der Waals surface area contributed by atoms with E-state index in [1.807, 2.05) is 6.07 Å². The van der Waals surface area contributed by atoms with Crippen molar-refractivity contribution in [1.29, 1.82) is 0 Å². The molecule has 0 aromatic carbocycles. The van der Waals surface area contributed by atoms with Crippen LogP contribution in [0.25, 0.3) is 0 Å². The van der Waals surface area contributed by atoms with E-state index in [0.717, 1.165) is 29.0 Å². The molecule has 3 rings (SSSR count). The van der Waals surface area contributed by atoms with Gasteiger partial charge in [0.2, 0.25) is 5.91 Å². The first kappa shape index (κ1) is 22.0. The summed E-state index contributed by atoms with van der Waals surface area (Å²) in [5, 5.41) is 14.6. The van der Waals surface area contributed by atoms with Gasteiger partial charge in [-0.2, -0.15) is 0 Å². The molecule has 1 aliphatic carbocycles. The van der Waals surface area contributed by atoms with Crippen LogP contribution in [0.2, 0.25) is 0 Å². The molecular formula is C19H23N5O4S2. The Morgan fingerprint density at radius 3 is 2.70 bits per heavy atom. The van der Waals surface area contributed by atoms with E-state index in [1.54, 1.807) is 30.4 Å². The van der Waals surface area contributed by atoms with Crippen LogP contribution in [0.1, 0.15) is 37.7 Å². The highest BCUT2D eigenvalue weighted by atomic mass is 32.2. The number of anilines is 2. The van der Waals surface area contributed by atoms with Crippen LogP contribution in [-0.4, -0.2) is 56.7 Å². The lowest BCUT2D eigenvalue weighted by atomic mass is 9.99. The second-order valence-corrected chi connectivity index (χ2v) is 9.34. The van der Waals surface area contributed by atoms with E-state index in [9.17, 15) is 14.4 Å². The van der Waals surface area contributed by atoms with Gasteiger partial charge in [-0.1, -0.05) is 17.4 Å². The topological polar surface area (TPSA) is 125 Å². The molecule has 9 nitrogen and oxygen atoms in total. The van der Waals surface area contributed by atoms with E-state index >= 15 is 0 Å². The average molecular weight is 450 g/mol. The third kappa shape index (κ3) is 5.92. The maximum atomic E-state index is 12.6. The number of hydrogen-bond donors (Lipinski definition) is 3. The van der Waals surface area contributed by atoms with Crippen LogP contribution in [0.5, 0.6) is 0 Å². The van der Waals surface area contributed by atoms with Crippen molar-refractivity contribution in [2.75, 3.05) is 23.4 Å². The summed E-state index contributed by atoms with van der Waals surface area (Å²) >= 11 is 2.43. The number of aliphatic carboxylic acids is 1. The summed E-state index contributed by atoms with van der Waals surface area (Å²) in [6, 6.07) is 3.63. The van der Waals surface area contributed by atoms with Crippen LogP contribution in [0, 0.1) is 0 Å². The molecule has 0 saturated heterocycles. The molecule has 0 spiro atoms. The van der Waals surface area contributed by atoms with E-state index in [0.29, 0.717) is 16.9 Å². The minimum Gasteiger partial charge on any atom is -0.481 e. The molecule has 3 amide bonds. The smallest absolute Gasteiger partial charge is 0.323 e. The lowest BCUT2D eigenvalue weighted by molar-refractivity contribution is -0.133. The number of pyridine rings is 1. The third-order valence-corrected chi connectivity index (χ3v) is 6.96. The largest absolute Gasteiger partial charge is 0.481 e. The number of aromatic nitrogens is 2. The number of carbonyl (C=O) groups is 3. The zero-order valence-electron chi connectivity index (χ0n) is 16.6. The lowest BCUT2D eigenvalue weighted by Crippen LogP contribution is -2.38. The van der Waals surface area contributed by atoms with E-state index < -0.39 is 5.97 Å². The molecule has 2 heterocycles. The Morgan fingerprint density at radius 2 is 2.03 bits per heavy atom. The van der Waals surface area contributed by atoms with E-state index in [2.05, 4.69) is 20.6 Å². The first-order valence-electron chi connectivity index (χ1n) is 9.39. The quantitative estimate of drug-likeness (QED) is 0.553. The molecule has 0 bridgehead atoms. The van der Waals surface area contributed by atoms with Crippen molar-refractivity contribution in [3.8, 4) is 0 Å². The van der Waals surface area contributed by atoms with E-state index in [-0.39, 0.29) is 23.7 Å². The van der Waals surface area contributed by atoms with Gasteiger partial charge in [0.1, 0.15) is 5.82 Å². The summed E-state index contributed by atoms with van der Waals surface area (Å²) in [6.45, 7) is 1.44. The number of rotatable bonds is 7. The number of thiazole rings is 1. The van der Waals surface area contributed by atoms with Crippen molar-refractivity contribution in [2.24, 2.45) is 0 Å². The highest BCUT2D eigenvalue weighted by molar-refractivity contribution is 8.01. The first-order chi connectivity index (χ1) is 14.3. The summed E-state index contributed by atoms with van der Waals surface area (Å²) < 4.78 is 0.742. The molecule has 30 heavy (non-hydrogen) atoms. The number of nitrogens with one attached hydrogen (secondary N) is 2. The highest BCUT2D eigenvalue weighted by Gasteiger charge is 2.31. The summed E-state index contributed by atoms with van der Waals surface area (Å²) in [4.78, 5) is 44.5. The van der Waals surface area contributed by atoms with Gasteiger partial charge in [-0.25, -0.2) is 14.8 Å². The van der Waals surface area contributed by atoms with Crippen LogP contribution in [0.15, 0.2) is 28.7 Å². The first-order valence-corrected chi connectivity index (χ1v) is 11.2. The normalized spacial score (nSPS) is 18.1. The fraction of sp³-hybridized carbons (Fsp3) is 0.421. The molecule has 160 valence electrons. The Balaban J connectivity index is 1.52. The SMILES string of the molecule is CC(=O)Nc1ccc(C2CCC(N(C)C(=O)Nc3ncc(SCC(=O)O)s3)C2)cn1. The van der Waals surface area contributed by atoms with Crippen LogP contribution < -0.4 is 10.6 Å². The fourth-order valence-electron chi connectivity index (χ4n) is 3.38. The zero-order chi connectivity index (χ0) is 21.7. The fourth-order valence-corrected chi connectivity index (χ4v) is 4.96. The number of carbonyl (C=O) groups excluding carboxylic acids is 2. The number of carboxylic acid groups (broad SMARTS) is 1. The van der Waals surface area contributed by atoms with Crippen LogP contribution in [0.3, 0.4) is 0 Å². The number of nitrogens with zero attached hydrogens (tertiary/aromatic N) is 3. The van der Waals surface area contributed by atoms with E-state index in [1.165, 1.54) is 30.0 Å². The Bertz CT molecular complexity index is 918. The molecule has 1 fully saturated rings. The van der Waals surface area contributed by atoms with Crippen molar-refractivity contribution in [3.63, 3.8) is 0 Å². The monoisotopic (exact) mass is 449 g/mol. The van der Waals surface area contributed by atoms with Gasteiger partial charge < -0.3 is 15.3 Å². The van der Waals surface area contributed by atoms with Gasteiger partial charge in [0.15, 0.2) is 5.13 Å².